The van der Waals surface area contributed by atoms with Crippen LogP contribution in [0.1, 0.15) is 22.3 Å². The summed E-state index contributed by atoms with van der Waals surface area (Å²) in [4.78, 5) is 19.1. The van der Waals surface area contributed by atoms with Gasteiger partial charge in [-0.1, -0.05) is 83.9 Å². The number of hydrogen-bond donors (Lipinski definition) is 2. The zero-order chi connectivity index (χ0) is 26.5. The first-order valence-corrected chi connectivity index (χ1v) is 12.2. The van der Waals surface area contributed by atoms with Crippen LogP contribution in [-0.2, 0) is 21.1 Å². The van der Waals surface area contributed by atoms with Crippen molar-refractivity contribution in [2.24, 2.45) is 9.98 Å². The first-order chi connectivity index (χ1) is 18.5. The predicted octanol–water partition coefficient (Wildman–Crippen LogP) is 7.34. The minimum atomic E-state index is 0. The molecule has 1 heterocycles. The van der Waals surface area contributed by atoms with Crippen molar-refractivity contribution < 1.29 is 31.3 Å². The quantitative estimate of drug-likeness (QED) is 0.182. The second-order valence-electron chi connectivity index (χ2n) is 8.94. The number of phenols is 2. The molecule has 39 heavy (non-hydrogen) atoms. The number of hydrogen-bond acceptors (Lipinski definition) is 6. The van der Waals surface area contributed by atoms with Gasteiger partial charge in [-0.25, -0.2) is 20.0 Å². The number of phenolic OH excluding ortho intramolecular Hbond substituents is 2. The van der Waals surface area contributed by atoms with Gasteiger partial charge in [-0.3, -0.25) is 0 Å². The minimum absolute atomic E-state index is 0. The predicted molar refractivity (Wildman–Crippen MR) is 153 cm³/mol. The Balaban J connectivity index is 0.00000353. The molecule has 4 aromatic carbocycles. The fourth-order valence-corrected chi connectivity index (χ4v) is 4.00. The van der Waals surface area contributed by atoms with Crippen LogP contribution in [0.15, 0.2) is 107 Å². The van der Waals surface area contributed by atoms with Crippen molar-refractivity contribution in [3.05, 3.63) is 119 Å². The molecule has 0 amide bonds. The van der Waals surface area contributed by atoms with Gasteiger partial charge in [0.25, 0.3) is 0 Å². The second-order valence-corrected chi connectivity index (χ2v) is 8.94. The number of aromatic hydroxyl groups is 2. The average molecular weight is 694 g/mol. The fourth-order valence-electron chi connectivity index (χ4n) is 4.00. The molecule has 0 aliphatic rings. The first-order valence-electron chi connectivity index (χ1n) is 12.2. The summed E-state index contributed by atoms with van der Waals surface area (Å²) in [6.45, 7) is 3.89. The Morgan fingerprint density at radius 2 is 0.949 bits per heavy atom. The molecule has 6 nitrogen and oxygen atoms in total. The van der Waals surface area contributed by atoms with Gasteiger partial charge in [0.1, 0.15) is 11.5 Å². The molecule has 0 atom stereocenters. The number of benzene rings is 4. The van der Waals surface area contributed by atoms with E-state index >= 15 is 0 Å². The number of aliphatic imine (C=N–C) groups is 2. The van der Waals surface area contributed by atoms with Crippen LogP contribution >= 0.6 is 0 Å². The first kappa shape index (κ1) is 27.6. The number of rotatable bonds is 6. The van der Waals surface area contributed by atoms with E-state index < -0.39 is 0 Å². The molecule has 0 saturated carbocycles. The molecule has 2 N–H and O–H groups in total. The summed E-state index contributed by atoms with van der Waals surface area (Å²) in [5, 5.41) is 20.7. The molecular weight excluding hydrogens is 667 g/mol. The molecule has 0 aliphatic carbocycles. The van der Waals surface area contributed by atoms with Crippen molar-refractivity contribution >= 4 is 24.1 Å². The third-order valence-corrected chi connectivity index (χ3v) is 5.97. The third-order valence-electron chi connectivity index (χ3n) is 5.97. The standard InChI is InChI=1S/C32H26N4O2.Pt/c1-21-13-15-27(37)25(17-21)19-33-31-32(34-20-26-18-22(2)14-16-28(26)38)36-30(24-11-7-4-8-12-24)29(35-31)23-9-5-3-6-10-23;/h3-20,37-38H,1-2H3;. The van der Waals surface area contributed by atoms with Gasteiger partial charge in [-0.05, 0) is 38.1 Å². The van der Waals surface area contributed by atoms with Crippen molar-refractivity contribution in [3.63, 3.8) is 0 Å². The minimum Gasteiger partial charge on any atom is -0.507 e. The Kier molecular flexibility index (Phi) is 8.80. The van der Waals surface area contributed by atoms with Crippen LogP contribution in [0.2, 0.25) is 0 Å². The SMILES string of the molecule is Cc1ccc(O)c(C=Nc2nc(-c3ccccc3)c(-c3ccccc3)nc2N=Cc2cc(C)ccc2O)c1.[Pt]. The summed E-state index contributed by atoms with van der Waals surface area (Å²) in [5.74, 6) is 0.804. The summed E-state index contributed by atoms with van der Waals surface area (Å²) in [5.41, 5.74) is 6.21. The third kappa shape index (κ3) is 6.54. The molecule has 196 valence electrons. The van der Waals surface area contributed by atoms with Crippen LogP contribution in [0.3, 0.4) is 0 Å². The maximum atomic E-state index is 10.3. The van der Waals surface area contributed by atoms with E-state index in [2.05, 4.69) is 9.98 Å². The molecule has 7 heteroatoms. The Hall–Kier alpha value is -4.41. The van der Waals surface area contributed by atoms with Crippen LogP contribution in [0, 0.1) is 13.8 Å². The maximum absolute atomic E-state index is 10.3. The molecule has 0 spiro atoms. The van der Waals surface area contributed by atoms with E-state index in [4.69, 9.17) is 9.97 Å². The monoisotopic (exact) mass is 693 g/mol. The van der Waals surface area contributed by atoms with E-state index in [0.717, 1.165) is 22.3 Å². The summed E-state index contributed by atoms with van der Waals surface area (Å²) >= 11 is 0. The van der Waals surface area contributed by atoms with Crippen LogP contribution < -0.4 is 0 Å². The van der Waals surface area contributed by atoms with Gasteiger partial charge in [-0.15, -0.1) is 0 Å². The number of aryl methyl sites for hydroxylation is 2. The summed E-state index contributed by atoms with van der Waals surface area (Å²) < 4.78 is 0. The van der Waals surface area contributed by atoms with E-state index in [1.165, 1.54) is 0 Å². The van der Waals surface area contributed by atoms with Gasteiger partial charge in [-0.2, -0.15) is 0 Å². The summed E-state index contributed by atoms with van der Waals surface area (Å²) in [6, 6.07) is 30.2. The molecule has 0 aliphatic heterocycles. The largest absolute Gasteiger partial charge is 0.507 e. The molecular formula is C32H26N4O2Pt. The number of nitrogens with zero attached hydrogens (tertiary/aromatic N) is 4. The molecule has 0 unspecified atom stereocenters. The van der Waals surface area contributed by atoms with Crippen molar-refractivity contribution in [2.45, 2.75) is 13.8 Å². The van der Waals surface area contributed by atoms with Crippen molar-refractivity contribution in [1.82, 2.24) is 9.97 Å². The fraction of sp³-hybridized carbons (Fsp3) is 0.0625. The van der Waals surface area contributed by atoms with E-state index in [0.29, 0.717) is 22.5 Å². The zero-order valence-electron chi connectivity index (χ0n) is 21.4. The van der Waals surface area contributed by atoms with Crippen LogP contribution in [0.5, 0.6) is 11.5 Å². The van der Waals surface area contributed by atoms with Gasteiger partial charge in [0.2, 0.25) is 0 Å². The van der Waals surface area contributed by atoms with E-state index in [1.54, 1.807) is 24.6 Å². The second kappa shape index (κ2) is 12.4. The molecule has 0 bridgehead atoms. The molecule has 5 rings (SSSR count). The van der Waals surface area contributed by atoms with E-state index in [1.807, 2.05) is 98.8 Å². The van der Waals surface area contributed by atoms with Gasteiger partial charge in [0, 0.05) is 55.7 Å². The summed E-state index contributed by atoms with van der Waals surface area (Å²) in [7, 11) is 0. The Bertz CT molecular complexity index is 1530. The van der Waals surface area contributed by atoms with Gasteiger partial charge in [0.05, 0.1) is 11.4 Å². The molecule has 0 fully saturated rings. The Labute approximate surface area is 241 Å². The molecule has 1 aromatic heterocycles. The Morgan fingerprint density at radius 1 is 0.564 bits per heavy atom. The molecule has 0 saturated heterocycles. The van der Waals surface area contributed by atoms with Gasteiger partial charge in [0.15, 0.2) is 11.6 Å². The number of aromatic nitrogens is 2. The van der Waals surface area contributed by atoms with Crippen molar-refractivity contribution in [1.29, 1.82) is 0 Å². The van der Waals surface area contributed by atoms with E-state index in [-0.39, 0.29) is 44.2 Å². The maximum Gasteiger partial charge on any atom is 0.198 e. The van der Waals surface area contributed by atoms with Crippen LogP contribution in [-0.4, -0.2) is 32.6 Å². The Morgan fingerprint density at radius 3 is 1.33 bits per heavy atom. The summed E-state index contributed by atoms with van der Waals surface area (Å²) in [6.07, 6.45) is 3.12. The average Bonchev–Trinajstić information content (AvgIpc) is 2.95. The topological polar surface area (TPSA) is 91.0 Å². The van der Waals surface area contributed by atoms with Crippen molar-refractivity contribution in [2.75, 3.05) is 0 Å². The van der Waals surface area contributed by atoms with Gasteiger partial charge < -0.3 is 10.2 Å². The molecule has 5 aromatic rings. The van der Waals surface area contributed by atoms with Crippen LogP contribution in [0.4, 0.5) is 11.6 Å². The smallest absolute Gasteiger partial charge is 0.198 e. The van der Waals surface area contributed by atoms with Crippen LogP contribution in [0.25, 0.3) is 22.5 Å². The normalized spacial score (nSPS) is 11.1. The van der Waals surface area contributed by atoms with E-state index in [9.17, 15) is 10.2 Å². The van der Waals surface area contributed by atoms with Crippen molar-refractivity contribution in [3.8, 4) is 34.0 Å². The zero-order valence-corrected chi connectivity index (χ0v) is 23.7. The van der Waals surface area contributed by atoms with Gasteiger partial charge >= 0.3 is 0 Å². The molecule has 0 radical (unpaired) electrons.